The molecule has 0 atom stereocenters. The highest BCUT2D eigenvalue weighted by Gasteiger charge is 2.34. The summed E-state index contributed by atoms with van der Waals surface area (Å²) in [4.78, 5) is 0. The molecular weight excluding hydrogens is 462 g/mol. The van der Waals surface area contributed by atoms with Gasteiger partial charge in [0.05, 0.1) is 7.11 Å². The van der Waals surface area contributed by atoms with E-state index in [0.717, 1.165) is 39.3 Å². The van der Waals surface area contributed by atoms with Crippen LogP contribution in [-0.2, 0) is 17.8 Å². The second kappa shape index (κ2) is 11.3. The van der Waals surface area contributed by atoms with Crippen molar-refractivity contribution in [1.29, 1.82) is 0 Å². The van der Waals surface area contributed by atoms with Crippen molar-refractivity contribution in [2.75, 3.05) is 7.11 Å². The number of ether oxygens (including phenoxy) is 3. The number of rotatable bonds is 8. The molecule has 0 unspecified atom stereocenters. The zero-order valence-electron chi connectivity index (χ0n) is 20.5. The number of nitrogens with zero attached hydrogens (tertiary/aromatic N) is 1. The quantitative estimate of drug-likeness (QED) is 0.211. The molecule has 4 aromatic rings. The molecule has 4 aromatic carbocycles. The van der Waals surface area contributed by atoms with Gasteiger partial charge in [-0.15, -0.1) is 0 Å². The molecule has 0 aliphatic carbocycles. The highest BCUT2D eigenvalue weighted by Crippen LogP contribution is 2.39. The fourth-order valence-electron chi connectivity index (χ4n) is 4.20. The molecule has 0 aromatic heterocycles. The van der Waals surface area contributed by atoms with Crippen molar-refractivity contribution in [1.82, 2.24) is 0 Å². The van der Waals surface area contributed by atoms with E-state index in [2.05, 4.69) is 17.3 Å². The van der Waals surface area contributed by atoms with Gasteiger partial charge in [0.15, 0.2) is 17.2 Å². The lowest BCUT2D eigenvalue weighted by Gasteiger charge is -2.28. The van der Waals surface area contributed by atoms with Gasteiger partial charge in [-0.05, 0) is 41.0 Å². The van der Waals surface area contributed by atoms with Gasteiger partial charge in [0, 0.05) is 17.6 Å². The third-order valence-electron chi connectivity index (χ3n) is 6.12. The monoisotopic (exact) mass is 489 g/mol. The first kappa shape index (κ1) is 23.9. The summed E-state index contributed by atoms with van der Waals surface area (Å²) in [6, 6.07) is 35.7. The van der Waals surface area contributed by atoms with Crippen LogP contribution >= 0.6 is 0 Å². The maximum absolute atomic E-state index is 9.95. The van der Waals surface area contributed by atoms with Gasteiger partial charge in [-0.2, -0.15) is 0 Å². The second-order valence-electron chi connectivity index (χ2n) is 8.57. The predicted octanol–water partition coefficient (Wildman–Crippen LogP) is 7.13. The molecule has 0 amide bonds. The average Bonchev–Trinajstić information content (AvgIpc) is 2.95. The standard InChI is InChI=1S/C32H27NO4/c1-35-26-18-16-24(17-19-26)21-30-31(33-34)32(37-30)28(20-23-10-4-2-5-11-23)27-14-8-9-15-29(27)36-22-25-12-6-3-7-13-25/h2-19,21,34H,20,22H2,1H3/b30-21+,32-28+,33-31+. The lowest BCUT2D eigenvalue weighted by molar-refractivity contribution is 0.275. The van der Waals surface area contributed by atoms with E-state index < -0.39 is 0 Å². The predicted molar refractivity (Wildman–Crippen MR) is 146 cm³/mol. The molecule has 0 spiro atoms. The van der Waals surface area contributed by atoms with E-state index in [0.29, 0.717) is 30.3 Å². The summed E-state index contributed by atoms with van der Waals surface area (Å²) in [6.07, 6.45) is 2.42. The summed E-state index contributed by atoms with van der Waals surface area (Å²) in [5.74, 6) is 2.53. The van der Waals surface area contributed by atoms with Crippen LogP contribution in [0.25, 0.3) is 11.6 Å². The van der Waals surface area contributed by atoms with E-state index in [4.69, 9.17) is 14.2 Å². The molecule has 5 rings (SSSR count). The molecular formula is C32H27NO4. The Kier molecular flexibility index (Phi) is 7.32. The number of oxime groups is 1. The Balaban J connectivity index is 1.51. The van der Waals surface area contributed by atoms with Gasteiger partial charge in [0.2, 0.25) is 0 Å². The highest BCUT2D eigenvalue weighted by atomic mass is 16.5. The van der Waals surface area contributed by atoms with Crippen LogP contribution in [0, 0.1) is 0 Å². The second-order valence-corrected chi connectivity index (χ2v) is 8.57. The van der Waals surface area contributed by atoms with Gasteiger partial charge in [-0.3, -0.25) is 0 Å². The Labute approximate surface area is 216 Å². The smallest absolute Gasteiger partial charge is 0.187 e. The lowest BCUT2D eigenvalue weighted by atomic mass is 9.92. The molecule has 5 heteroatoms. The summed E-state index contributed by atoms with van der Waals surface area (Å²) >= 11 is 0. The molecule has 1 N–H and O–H groups in total. The average molecular weight is 490 g/mol. The van der Waals surface area contributed by atoms with Gasteiger partial charge in [0.25, 0.3) is 0 Å². The number of hydrogen-bond acceptors (Lipinski definition) is 5. The SMILES string of the molecule is COc1ccc(/C=C2/OC(=C(\Cc3ccccc3)c3ccccc3OCc3ccccc3)/C2=N/O)cc1. The Morgan fingerprint density at radius 1 is 0.811 bits per heavy atom. The Morgan fingerprint density at radius 3 is 2.14 bits per heavy atom. The van der Waals surface area contributed by atoms with Gasteiger partial charge < -0.3 is 19.4 Å². The molecule has 1 aliphatic rings. The van der Waals surface area contributed by atoms with Gasteiger partial charge >= 0.3 is 0 Å². The van der Waals surface area contributed by atoms with Crippen LogP contribution in [0.5, 0.6) is 11.5 Å². The number of benzene rings is 4. The molecule has 0 radical (unpaired) electrons. The van der Waals surface area contributed by atoms with E-state index in [9.17, 15) is 5.21 Å². The summed E-state index contributed by atoms with van der Waals surface area (Å²) in [7, 11) is 1.63. The van der Waals surface area contributed by atoms with E-state index in [1.165, 1.54) is 0 Å². The largest absolute Gasteiger partial charge is 0.497 e. The van der Waals surface area contributed by atoms with E-state index in [-0.39, 0.29) is 0 Å². The fourth-order valence-corrected chi connectivity index (χ4v) is 4.20. The first-order chi connectivity index (χ1) is 18.2. The maximum Gasteiger partial charge on any atom is 0.187 e. The van der Waals surface area contributed by atoms with E-state index in [1.54, 1.807) is 7.11 Å². The molecule has 0 saturated carbocycles. The molecule has 5 nitrogen and oxygen atoms in total. The first-order valence-electron chi connectivity index (χ1n) is 12.0. The normalized spacial score (nSPS) is 16.1. The minimum Gasteiger partial charge on any atom is -0.497 e. The minimum absolute atomic E-state index is 0.402. The van der Waals surface area contributed by atoms with Crippen LogP contribution < -0.4 is 9.47 Å². The topological polar surface area (TPSA) is 60.3 Å². The van der Waals surface area contributed by atoms with Crippen molar-refractivity contribution in [2.45, 2.75) is 13.0 Å². The van der Waals surface area contributed by atoms with Crippen LogP contribution in [0.15, 0.2) is 126 Å². The molecule has 184 valence electrons. The molecule has 37 heavy (non-hydrogen) atoms. The Morgan fingerprint density at radius 2 is 1.46 bits per heavy atom. The van der Waals surface area contributed by atoms with Gasteiger partial charge in [-0.25, -0.2) is 0 Å². The van der Waals surface area contributed by atoms with Crippen LogP contribution in [0.3, 0.4) is 0 Å². The Hall–Kier alpha value is -4.77. The van der Waals surface area contributed by atoms with Crippen LogP contribution in [0.2, 0.25) is 0 Å². The van der Waals surface area contributed by atoms with Crippen molar-refractivity contribution in [3.63, 3.8) is 0 Å². The van der Waals surface area contributed by atoms with E-state index in [1.807, 2.05) is 103 Å². The number of hydrogen-bond donors (Lipinski definition) is 1. The van der Waals surface area contributed by atoms with Crippen LogP contribution in [0.4, 0.5) is 0 Å². The Bertz CT molecular complexity index is 1440. The fraction of sp³-hybridized carbons (Fsp3) is 0.0938. The molecule has 1 aliphatic heterocycles. The van der Waals surface area contributed by atoms with Gasteiger partial charge in [-0.1, -0.05) is 96.2 Å². The van der Waals surface area contributed by atoms with Gasteiger partial charge in [0.1, 0.15) is 18.1 Å². The number of para-hydroxylation sites is 1. The van der Waals surface area contributed by atoms with Crippen molar-refractivity contribution >= 4 is 17.4 Å². The molecule has 1 saturated heterocycles. The summed E-state index contributed by atoms with van der Waals surface area (Å²) in [6.45, 7) is 0.441. The summed E-state index contributed by atoms with van der Waals surface area (Å²) < 4.78 is 17.7. The lowest BCUT2D eigenvalue weighted by Crippen LogP contribution is -2.25. The van der Waals surface area contributed by atoms with Crippen molar-refractivity contribution in [2.24, 2.45) is 5.16 Å². The zero-order chi connectivity index (χ0) is 25.5. The molecule has 0 bridgehead atoms. The van der Waals surface area contributed by atoms with Crippen LogP contribution in [-0.4, -0.2) is 18.0 Å². The number of allylic oxidation sites excluding steroid dienone is 1. The maximum atomic E-state index is 9.95. The third kappa shape index (κ3) is 5.57. The van der Waals surface area contributed by atoms with Crippen molar-refractivity contribution in [3.05, 3.63) is 143 Å². The highest BCUT2D eigenvalue weighted by molar-refractivity contribution is 6.21. The van der Waals surface area contributed by atoms with Crippen molar-refractivity contribution in [3.8, 4) is 11.5 Å². The molecule has 1 heterocycles. The minimum atomic E-state index is 0.402. The summed E-state index contributed by atoms with van der Waals surface area (Å²) in [5, 5.41) is 13.5. The van der Waals surface area contributed by atoms with Crippen LogP contribution in [0.1, 0.15) is 22.3 Å². The summed E-state index contributed by atoms with van der Waals surface area (Å²) in [5.41, 5.74) is 5.27. The third-order valence-corrected chi connectivity index (χ3v) is 6.12. The zero-order valence-corrected chi connectivity index (χ0v) is 20.5. The number of methoxy groups -OCH3 is 1. The first-order valence-corrected chi connectivity index (χ1v) is 12.0. The molecule has 1 fully saturated rings. The van der Waals surface area contributed by atoms with E-state index >= 15 is 0 Å². The van der Waals surface area contributed by atoms with Crippen molar-refractivity contribution < 1.29 is 19.4 Å².